The minimum Gasteiger partial charge on any atom is -0.461 e. The maximum absolute atomic E-state index is 15.8. The van der Waals surface area contributed by atoms with Crippen LogP contribution in [0.25, 0.3) is 22.2 Å². The summed E-state index contributed by atoms with van der Waals surface area (Å²) in [6.07, 6.45) is 1.67. The molecule has 5 aromatic rings. The van der Waals surface area contributed by atoms with Crippen LogP contribution in [0.15, 0.2) is 72.8 Å². The predicted molar refractivity (Wildman–Crippen MR) is 167 cm³/mol. The zero-order valence-corrected chi connectivity index (χ0v) is 25.1. The third kappa shape index (κ3) is 4.64. The topological polar surface area (TPSA) is 56.6 Å². The van der Waals surface area contributed by atoms with Crippen molar-refractivity contribution in [1.82, 2.24) is 9.55 Å². The average Bonchev–Trinajstić information content (AvgIpc) is 3.68. The van der Waals surface area contributed by atoms with Gasteiger partial charge in [0.15, 0.2) is 11.5 Å². The van der Waals surface area contributed by atoms with Gasteiger partial charge < -0.3 is 18.9 Å². The number of ketones is 1. The van der Waals surface area contributed by atoms with Gasteiger partial charge in [-0.05, 0) is 67.4 Å². The van der Waals surface area contributed by atoms with Crippen LogP contribution in [0.1, 0.15) is 47.1 Å². The van der Waals surface area contributed by atoms with Crippen LogP contribution in [0, 0.1) is 11.6 Å². The standard InChI is InChI=1S/C35H30ClF2N3O3/c1-21(42)22-7-12-30-32(19-22)40(15-16-43-2)33(39-30)20-27-28(37)17-23(18-29(27)38)26-5-3-6-31-34(26)44-35(13-4-14-41(31)35)24-8-10-25(36)11-9-24/h3,5-12,17-19H,4,13-16,20H2,1-2H3. The third-order valence-corrected chi connectivity index (χ3v) is 8.98. The highest BCUT2D eigenvalue weighted by Crippen LogP contribution is 2.55. The monoisotopic (exact) mass is 613 g/mol. The third-order valence-electron chi connectivity index (χ3n) is 8.72. The molecule has 0 aliphatic carbocycles. The Balaban J connectivity index is 1.25. The van der Waals surface area contributed by atoms with Gasteiger partial charge in [0.25, 0.3) is 0 Å². The quantitative estimate of drug-likeness (QED) is 0.166. The Hall–Kier alpha value is -4.27. The lowest BCUT2D eigenvalue weighted by Gasteiger charge is -2.32. The predicted octanol–water partition coefficient (Wildman–Crippen LogP) is 7.92. The highest BCUT2D eigenvalue weighted by molar-refractivity contribution is 6.30. The van der Waals surface area contributed by atoms with Crippen LogP contribution in [-0.4, -0.2) is 35.6 Å². The summed E-state index contributed by atoms with van der Waals surface area (Å²) >= 11 is 6.17. The Morgan fingerprint density at radius 2 is 1.84 bits per heavy atom. The molecule has 2 aliphatic rings. The van der Waals surface area contributed by atoms with Gasteiger partial charge in [-0.1, -0.05) is 35.9 Å². The fourth-order valence-electron chi connectivity index (χ4n) is 6.57. The number of fused-ring (bicyclic) bond motifs is 4. The molecule has 1 atom stereocenters. The summed E-state index contributed by atoms with van der Waals surface area (Å²) in [6.45, 7) is 3.10. The molecular formula is C35H30ClF2N3O3. The van der Waals surface area contributed by atoms with E-state index >= 15 is 8.78 Å². The minimum atomic E-state index is -0.691. The van der Waals surface area contributed by atoms with E-state index in [2.05, 4.69) is 9.88 Å². The molecule has 3 heterocycles. The van der Waals surface area contributed by atoms with E-state index < -0.39 is 17.4 Å². The number of anilines is 1. The number of halogens is 3. The van der Waals surface area contributed by atoms with Gasteiger partial charge in [-0.2, -0.15) is 0 Å². The minimum absolute atomic E-state index is 0.0669. The van der Waals surface area contributed by atoms with Crippen molar-refractivity contribution in [3.8, 4) is 16.9 Å². The first-order valence-corrected chi connectivity index (χ1v) is 15.0. The molecule has 9 heteroatoms. The van der Waals surface area contributed by atoms with Crippen molar-refractivity contribution >= 4 is 34.1 Å². The molecule has 0 radical (unpaired) electrons. The first-order chi connectivity index (χ1) is 21.3. The Kier molecular flexibility index (Phi) is 7.14. The SMILES string of the molecule is COCCn1c(Cc2c(F)cc(-c3cccc4c3OC3(c5ccc(Cl)cc5)CCCN43)cc2F)nc2ccc(C(C)=O)cc21. The second-order valence-electron chi connectivity index (χ2n) is 11.3. The maximum atomic E-state index is 15.8. The second-order valence-corrected chi connectivity index (χ2v) is 11.8. The summed E-state index contributed by atoms with van der Waals surface area (Å²) in [5, 5.41) is 0.645. The van der Waals surface area contributed by atoms with Crippen LogP contribution >= 0.6 is 11.6 Å². The number of Topliss-reactive ketones (excluding diaryl/α,β-unsaturated/α-hetero) is 1. The zero-order valence-electron chi connectivity index (χ0n) is 24.4. The number of aromatic nitrogens is 2. The Morgan fingerprint density at radius 1 is 1.07 bits per heavy atom. The van der Waals surface area contributed by atoms with Crippen LogP contribution in [-0.2, 0) is 23.4 Å². The summed E-state index contributed by atoms with van der Waals surface area (Å²) in [6, 6.07) is 21.3. The molecule has 7 rings (SSSR count). The molecule has 0 saturated carbocycles. The number of ether oxygens (including phenoxy) is 2. The highest BCUT2D eigenvalue weighted by Gasteiger charge is 2.51. The molecule has 0 amide bonds. The van der Waals surface area contributed by atoms with E-state index in [0.29, 0.717) is 57.5 Å². The van der Waals surface area contributed by atoms with Crippen LogP contribution in [0.4, 0.5) is 14.5 Å². The fraction of sp³-hybridized carbons (Fsp3) is 0.257. The number of rotatable bonds is 8. The summed E-state index contributed by atoms with van der Waals surface area (Å²) in [5.74, 6) is -0.317. The molecule has 224 valence electrons. The largest absolute Gasteiger partial charge is 0.461 e. The van der Waals surface area contributed by atoms with Gasteiger partial charge in [0, 0.05) is 60.3 Å². The zero-order chi connectivity index (χ0) is 30.6. The molecule has 0 N–H and O–H groups in total. The number of carbonyl (C=O) groups is 1. The van der Waals surface area contributed by atoms with Gasteiger partial charge in [-0.15, -0.1) is 0 Å². The van der Waals surface area contributed by atoms with Gasteiger partial charge >= 0.3 is 0 Å². The molecule has 44 heavy (non-hydrogen) atoms. The molecule has 1 fully saturated rings. The summed E-state index contributed by atoms with van der Waals surface area (Å²) < 4.78 is 45.6. The van der Waals surface area contributed by atoms with E-state index in [4.69, 9.17) is 21.1 Å². The van der Waals surface area contributed by atoms with Crippen molar-refractivity contribution in [1.29, 1.82) is 0 Å². The summed E-state index contributed by atoms with van der Waals surface area (Å²) in [5.41, 5.74) is 4.04. The van der Waals surface area contributed by atoms with Crippen LogP contribution < -0.4 is 9.64 Å². The second kappa shape index (κ2) is 11.0. The van der Waals surface area contributed by atoms with Crippen LogP contribution in [0.5, 0.6) is 5.75 Å². The molecular weight excluding hydrogens is 584 g/mol. The molecule has 2 aliphatic heterocycles. The molecule has 4 aromatic carbocycles. The molecule has 6 nitrogen and oxygen atoms in total. The van der Waals surface area contributed by atoms with E-state index in [1.165, 1.54) is 19.1 Å². The van der Waals surface area contributed by atoms with Gasteiger partial charge in [-0.3, -0.25) is 4.79 Å². The van der Waals surface area contributed by atoms with Gasteiger partial charge in [0.1, 0.15) is 17.5 Å². The first kappa shape index (κ1) is 28.5. The number of methoxy groups -OCH3 is 1. The Labute approximate surface area is 258 Å². The van der Waals surface area contributed by atoms with Crippen molar-refractivity contribution < 1.29 is 23.0 Å². The number of hydrogen-bond acceptors (Lipinski definition) is 5. The molecule has 0 spiro atoms. The number of para-hydroxylation sites is 1. The number of benzene rings is 4. The van der Waals surface area contributed by atoms with Crippen LogP contribution in [0.2, 0.25) is 5.02 Å². The Morgan fingerprint density at radius 3 is 2.57 bits per heavy atom. The first-order valence-electron chi connectivity index (χ1n) is 14.6. The van der Waals surface area contributed by atoms with Crippen LogP contribution in [0.3, 0.4) is 0 Å². The van der Waals surface area contributed by atoms with Gasteiger partial charge in [0.2, 0.25) is 5.72 Å². The lowest BCUT2D eigenvalue weighted by molar-refractivity contribution is 0.101. The highest BCUT2D eigenvalue weighted by atomic mass is 35.5. The summed E-state index contributed by atoms with van der Waals surface area (Å²) in [7, 11) is 1.59. The molecule has 1 aromatic heterocycles. The fourth-order valence-corrected chi connectivity index (χ4v) is 6.69. The molecule has 1 saturated heterocycles. The van der Waals surface area contributed by atoms with Crippen molar-refractivity contribution in [3.63, 3.8) is 0 Å². The Bertz CT molecular complexity index is 1900. The van der Waals surface area contributed by atoms with E-state index in [0.717, 1.165) is 30.6 Å². The van der Waals surface area contributed by atoms with Gasteiger partial charge in [-0.25, -0.2) is 13.8 Å². The smallest absolute Gasteiger partial charge is 0.209 e. The van der Waals surface area contributed by atoms with Crippen molar-refractivity contribution in [2.24, 2.45) is 0 Å². The number of imidazole rings is 1. The average molecular weight is 614 g/mol. The maximum Gasteiger partial charge on any atom is 0.209 e. The number of hydrogen-bond donors (Lipinski definition) is 0. The van der Waals surface area contributed by atoms with E-state index in [-0.39, 0.29) is 17.8 Å². The normalized spacial score (nSPS) is 17.2. The summed E-state index contributed by atoms with van der Waals surface area (Å²) in [4.78, 5) is 18.9. The van der Waals surface area contributed by atoms with Gasteiger partial charge in [0.05, 0.1) is 23.3 Å². The number of carbonyl (C=O) groups excluding carboxylic acids is 1. The van der Waals surface area contributed by atoms with E-state index in [9.17, 15) is 4.79 Å². The van der Waals surface area contributed by atoms with E-state index in [1.807, 2.05) is 47.0 Å². The molecule has 1 unspecified atom stereocenters. The lowest BCUT2D eigenvalue weighted by Crippen LogP contribution is -2.41. The lowest BCUT2D eigenvalue weighted by atomic mass is 9.99. The molecule has 0 bridgehead atoms. The van der Waals surface area contributed by atoms with Crippen molar-refractivity contribution in [3.05, 3.63) is 112 Å². The van der Waals surface area contributed by atoms with E-state index in [1.54, 1.807) is 25.3 Å². The van der Waals surface area contributed by atoms with Crippen molar-refractivity contribution in [2.75, 3.05) is 25.2 Å². The number of nitrogens with zero attached hydrogens (tertiary/aromatic N) is 3. The van der Waals surface area contributed by atoms with Crippen molar-refractivity contribution in [2.45, 2.75) is 38.5 Å².